The van der Waals surface area contributed by atoms with E-state index in [1.165, 1.54) is 0 Å². The highest BCUT2D eigenvalue weighted by Crippen LogP contribution is 2.44. The third kappa shape index (κ3) is 5.02. The normalized spacial score (nSPS) is 17.8. The van der Waals surface area contributed by atoms with Gasteiger partial charge >= 0.3 is 12.1 Å². The van der Waals surface area contributed by atoms with Gasteiger partial charge in [0.1, 0.15) is 12.6 Å². The molecule has 1 aliphatic heterocycles. The van der Waals surface area contributed by atoms with Gasteiger partial charge in [0, 0.05) is 25.4 Å². The molecule has 0 radical (unpaired) electrons. The fourth-order valence-electron chi connectivity index (χ4n) is 4.94. The highest BCUT2D eigenvalue weighted by atomic mass is 16.5. The van der Waals surface area contributed by atoms with Gasteiger partial charge in [-0.3, -0.25) is 9.59 Å². The van der Waals surface area contributed by atoms with Crippen molar-refractivity contribution in [3.05, 3.63) is 59.7 Å². The Morgan fingerprint density at radius 1 is 1.09 bits per heavy atom. The number of carboxylic acid groups (broad SMARTS) is 1. The van der Waals surface area contributed by atoms with Gasteiger partial charge in [0.25, 0.3) is 0 Å². The Morgan fingerprint density at radius 3 is 2.33 bits per heavy atom. The summed E-state index contributed by atoms with van der Waals surface area (Å²) in [5, 5.41) is 11.6. The molecule has 1 aliphatic carbocycles. The lowest BCUT2D eigenvalue weighted by atomic mass is 9.98. The van der Waals surface area contributed by atoms with Gasteiger partial charge in [-0.05, 0) is 47.4 Å². The summed E-state index contributed by atoms with van der Waals surface area (Å²) in [4.78, 5) is 38.0. The molecule has 0 aromatic heterocycles. The molecule has 1 unspecified atom stereocenters. The van der Waals surface area contributed by atoms with Crippen LogP contribution in [0.1, 0.15) is 49.7 Å². The Labute approximate surface area is 193 Å². The van der Waals surface area contributed by atoms with E-state index in [0.717, 1.165) is 28.7 Å². The average Bonchev–Trinajstić information content (AvgIpc) is 3.42. The standard InChI is InChI=1S/C26H30N2O5/c1-2-23(25(31)28-14-13-17(15-28)11-12-24(29)30)27-26(32)33-16-22-20-9-5-3-7-18(20)19-8-4-6-10-21(19)22/h3-10,17,22-23H,2,11-16H2,1H3,(H,27,32)(H,29,30)/t17?,23-/m0/s1. The van der Waals surface area contributed by atoms with E-state index < -0.39 is 18.1 Å². The molecule has 7 nitrogen and oxygen atoms in total. The third-order valence-corrected chi connectivity index (χ3v) is 6.71. The molecule has 0 spiro atoms. The largest absolute Gasteiger partial charge is 0.481 e. The van der Waals surface area contributed by atoms with E-state index in [1.54, 1.807) is 4.90 Å². The quantitative estimate of drug-likeness (QED) is 0.633. The van der Waals surface area contributed by atoms with Gasteiger partial charge in [-0.15, -0.1) is 0 Å². The lowest BCUT2D eigenvalue weighted by Gasteiger charge is -2.24. The smallest absolute Gasteiger partial charge is 0.407 e. The number of hydrogen-bond acceptors (Lipinski definition) is 4. The van der Waals surface area contributed by atoms with Crippen molar-refractivity contribution in [1.82, 2.24) is 10.2 Å². The van der Waals surface area contributed by atoms with Gasteiger partial charge in [-0.2, -0.15) is 0 Å². The molecule has 4 rings (SSSR count). The first-order chi connectivity index (χ1) is 16.0. The number of rotatable bonds is 8. The second kappa shape index (κ2) is 10.1. The lowest BCUT2D eigenvalue weighted by Crippen LogP contribution is -2.47. The number of carboxylic acids is 1. The molecule has 0 saturated carbocycles. The van der Waals surface area contributed by atoms with E-state index in [1.807, 2.05) is 31.2 Å². The average molecular weight is 451 g/mol. The van der Waals surface area contributed by atoms with E-state index in [-0.39, 0.29) is 30.8 Å². The van der Waals surface area contributed by atoms with Crippen LogP contribution in [-0.2, 0) is 14.3 Å². The zero-order valence-electron chi connectivity index (χ0n) is 18.8. The highest BCUT2D eigenvalue weighted by molar-refractivity contribution is 5.86. The molecule has 2 amide bonds. The van der Waals surface area contributed by atoms with Crippen molar-refractivity contribution in [3.63, 3.8) is 0 Å². The Morgan fingerprint density at radius 2 is 1.73 bits per heavy atom. The van der Waals surface area contributed by atoms with Crippen molar-refractivity contribution in [3.8, 4) is 11.1 Å². The van der Waals surface area contributed by atoms with E-state index in [9.17, 15) is 14.4 Å². The molecule has 33 heavy (non-hydrogen) atoms. The molecule has 2 atom stereocenters. The van der Waals surface area contributed by atoms with Crippen molar-refractivity contribution >= 4 is 18.0 Å². The van der Waals surface area contributed by atoms with Crippen molar-refractivity contribution in [2.45, 2.75) is 44.6 Å². The molecule has 2 aliphatic rings. The van der Waals surface area contributed by atoms with Crippen LogP contribution < -0.4 is 5.32 Å². The maximum atomic E-state index is 12.9. The van der Waals surface area contributed by atoms with Crippen molar-refractivity contribution in [2.24, 2.45) is 5.92 Å². The number of carbonyl (C=O) groups is 3. The first-order valence-electron chi connectivity index (χ1n) is 11.6. The minimum Gasteiger partial charge on any atom is -0.481 e. The minimum atomic E-state index is -0.817. The maximum absolute atomic E-state index is 12.9. The molecule has 1 fully saturated rings. The summed E-state index contributed by atoms with van der Waals surface area (Å²) < 4.78 is 5.58. The van der Waals surface area contributed by atoms with Crippen LogP contribution in [0.4, 0.5) is 4.79 Å². The zero-order chi connectivity index (χ0) is 23.4. The Balaban J connectivity index is 1.33. The summed E-state index contributed by atoms with van der Waals surface area (Å²) in [5.74, 6) is -0.795. The monoisotopic (exact) mass is 450 g/mol. The fourth-order valence-corrected chi connectivity index (χ4v) is 4.94. The predicted octanol–water partition coefficient (Wildman–Crippen LogP) is 4.02. The van der Waals surface area contributed by atoms with Gasteiger partial charge in [0.05, 0.1) is 0 Å². The summed E-state index contributed by atoms with van der Waals surface area (Å²) >= 11 is 0. The number of fused-ring (bicyclic) bond motifs is 3. The first kappa shape index (κ1) is 22.8. The van der Waals surface area contributed by atoms with Crippen LogP contribution in [0.15, 0.2) is 48.5 Å². The third-order valence-electron chi connectivity index (χ3n) is 6.71. The van der Waals surface area contributed by atoms with Gasteiger partial charge in [-0.25, -0.2) is 4.79 Å². The number of hydrogen-bond donors (Lipinski definition) is 2. The number of aliphatic carboxylic acids is 1. The summed E-state index contributed by atoms with van der Waals surface area (Å²) in [6.07, 6.45) is 1.33. The van der Waals surface area contributed by atoms with Crippen molar-refractivity contribution in [1.29, 1.82) is 0 Å². The van der Waals surface area contributed by atoms with Crippen molar-refractivity contribution in [2.75, 3.05) is 19.7 Å². The number of ether oxygens (including phenoxy) is 1. The molecule has 2 N–H and O–H groups in total. The summed E-state index contributed by atoms with van der Waals surface area (Å²) in [5.41, 5.74) is 4.60. The van der Waals surface area contributed by atoms with Crippen LogP contribution in [0, 0.1) is 5.92 Å². The summed E-state index contributed by atoms with van der Waals surface area (Å²) in [6.45, 7) is 3.18. The van der Waals surface area contributed by atoms with Gasteiger partial charge in [0.15, 0.2) is 0 Å². The number of nitrogens with zero attached hydrogens (tertiary/aromatic N) is 1. The van der Waals surface area contributed by atoms with Gasteiger partial charge in [0.2, 0.25) is 5.91 Å². The number of likely N-dealkylation sites (tertiary alicyclic amines) is 1. The van der Waals surface area contributed by atoms with E-state index in [0.29, 0.717) is 25.9 Å². The Hall–Kier alpha value is -3.35. The lowest BCUT2D eigenvalue weighted by molar-refractivity contribution is -0.137. The van der Waals surface area contributed by atoms with Crippen LogP contribution in [0.3, 0.4) is 0 Å². The number of amides is 2. The Kier molecular flexibility index (Phi) is 6.96. The minimum absolute atomic E-state index is 0.0347. The van der Waals surface area contributed by atoms with Gasteiger partial charge in [-0.1, -0.05) is 55.5 Å². The molecule has 174 valence electrons. The van der Waals surface area contributed by atoms with E-state index >= 15 is 0 Å². The molecule has 0 bridgehead atoms. The molecular weight excluding hydrogens is 420 g/mol. The molecule has 7 heteroatoms. The highest BCUT2D eigenvalue weighted by Gasteiger charge is 2.32. The molecule has 2 aromatic rings. The molecule has 1 saturated heterocycles. The summed E-state index contributed by atoms with van der Waals surface area (Å²) in [6, 6.07) is 15.6. The van der Waals surface area contributed by atoms with Gasteiger partial charge < -0.3 is 20.1 Å². The van der Waals surface area contributed by atoms with Crippen LogP contribution in [0.5, 0.6) is 0 Å². The second-order valence-electron chi connectivity index (χ2n) is 8.80. The Bertz CT molecular complexity index is 991. The van der Waals surface area contributed by atoms with Crippen LogP contribution in [0.25, 0.3) is 11.1 Å². The SMILES string of the molecule is CC[C@H](NC(=O)OCC1c2ccccc2-c2ccccc21)C(=O)N1CCC(CCC(=O)O)C1. The summed E-state index contributed by atoms with van der Waals surface area (Å²) in [7, 11) is 0. The van der Waals surface area contributed by atoms with Crippen molar-refractivity contribution < 1.29 is 24.2 Å². The molecule has 1 heterocycles. The topological polar surface area (TPSA) is 95.9 Å². The van der Waals surface area contributed by atoms with Crippen LogP contribution >= 0.6 is 0 Å². The van der Waals surface area contributed by atoms with Crippen LogP contribution in [0.2, 0.25) is 0 Å². The second-order valence-corrected chi connectivity index (χ2v) is 8.80. The number of carbonyl (C=O) groups excluding carboxylic acids is 2. The number of nitrogens with one attached hydrogen (secondary N) is 1. The molecular formula is C26H30N2O5. The first-order valence-corrected chi connectivity index (χ1v) is 11.6. The number of benzene rings is 2. The van der Waals surface area contributed by atoms with E-state index in [4.69, 9.17) is 9.84 Å². The zero-order valence-corrected chi connectivity index (χ0v) is 18.8. The predicted molar refractivity (Wildman–Crippen MR) is 124 cm³/mol. The molecule has 2 aromatic carbocycles. The fraction of sp³-hybridized carbons (Fsp3) is 0.423. The van der Waals surface area contributed by atoms with Crippen LogP contribution in [-0.4, -0.2) is 53.7 Å². The maximum Gasteiger partial charge on any atom is 0.407 e. The van der Waals surface area contributed by atoms with E-state index in [2.05, 4.69) is 29.6 Å². The number of alkyl carbamates (subject to hydrolysis) is 1.